The minimum Gasteiger partial charge on any atom is -0.508 e. The van der Waals surface area contributed by atoms with Crippen LogP contribution in [0.5, 0.6) is 23.0 Å². The molecule has 6 heteroatoms. The molecule has 6 nitrogen and oxygen atoms in total. The Morgan fingerprint density at radius 2 is 1.52 bits per heavy atom. The van der Waals surface area contributed by atoms with Crippen molar-refractivity contribution in [1.29, 1.82) is 0 Å². The van der Waals surface area contributed by atoms with Gasteiger partial charge >= 0.3 is 0 Å². The quantitative estimate of drug-likeness (QED) is 0.548. The molecule has 0 aliphatic carbocycles. The first-order chi connectivity index (χ1) is 12.9. The van der Waals surface area contributed by atoms with Crippen LogP contribution < -0.4 is 9.47 Å². The molecule has 2 N–H and O–H groups in total. The monoisotopic (exact) mass is 368 g/mol. The van der Waals surface area contributed by atoms with Gasteiger partial charge in [-0.25, -0.2) is 0 Å². The van der Waals surface area contributed by atoms with Gasteiger partial charge in [-0.1, -0.05) is 12.1 Å². The maximum Gasteiger partial charge on any atom is 0.163 e. The number of methoxy groups -OCH3 is 2. The molecule has 2 aromatic carbocycles. The standard InChI is InChI=1S/C21H20O6/c1-26-20-10-8-16(22)12-15(20)5-7-18(24)13-17(23)6-3-14-4-9-21(27-2)19(25)11-14/h3-12,22,25H,13H2,1-2H3/b6-3+,7-5+. The predicted molar refractivity (Wildman–Crippen MR) is 102 cm³/mol. The van der Waals surface area contributed by atoms with E-state index in [-0.39, 0.29) is 29.5 Å². The summed E-state index contributed by atoms with van der Waals surface area (Å²) in [5.74, 6) is 0.0924. The molecule has 0 aliphatic heterocycles. The number of ketones is 2. The van der Waals surface area contributed by atoms with E-state index in [0.29, 0.717) is 22.6 Å². The number of hydrogen-bond donors (Lipinski definition) is 2. The molecule has 2 aromatic rings. The topological polar surface area (TPSA) is 93.1 Å². The summed E-state index contributed by atoms with van der Waals surface area (Å²) in [6, 6.07) is 9.23. The number of rotatable bonds is 8. The van der Waals surface area contributed by atoms with Crippen molar-refractivity contribution in [1.82, 2.24) is 0 Å². The molecule has 0 bridgehead atoms. The van der Waals surface area contributed by atoms with E-state index < -0.39 is 0 Å². The lowest BCUT2D eigenvalue weighted by atomic mass is 10.1. The molecule has 2 rings (SSSR count). The summed E-state index contributed by atoms with van der Waals surface area (Å²) in [6.07, 6.45) is 5.25. The van der Waals surface area contributed by atoms with Crippen LogP contribution in [0, 0.1) is 0 Å². The third kappa shape index (κ3) is 5.74. The number of benzene rings is 2. The molecule has 0 heterocycles. The highest BCUT2D eigenvalue weighted by Gasteiger charge is 2.06. The van der Waals surface area contributed by atoms with E-state index in [4.69, 9.17) is 9.47 Å². The highest BCUT2D eigenvalue weighted by molar-refractivity contribution is 6.11. The molecule has 0 atom stereocenters. The molecule has 0 unspecified atom stereocenters. The molecular weight excluding hydrogens is 348 g/mol. The average Bonchev–Trinajstić information content (AvgIpc) is 2.65. The maximum atomic E-state index is 12.0. The van der Waals surface area contributed by atoms with E-state index in [1.807, 2.05) is 0 Å². The van der Waals surface area contributed by atoms with E-state index in [2.05, 4.69) is 0 Å². The van der Waals surface area contributed by atoms with E-state index >= 15 is 0 Å². The van der Waals surface area contributed by atoms with Crippen LogP contribution in [0.25, 0.3) is 12.2 Å². The number of aromatic hydroxyl groups is 2. The van der Waals surface area contributed by atoms with Crippen LogP contribution in [0.3, 0.4) is 0 Å². The first-order valence-electron chi connectivity index (χ1n) is 8.08. The Morgan fingerprint density at radius 3 is 2.15 bits per heavy atom. The van der Waals surface area contributed by atoms with E-state index in [1.54, 1.807) is 18.2 Å². The Bertz CT molecular complexity index is 896. The highest BCUT2D eigenvalue weighted by atomic mass is 16.5. The number of allylic oxidation sites excluding steroid dienone is 2. The van der Waals surface area contributed by atoms with Gasteiger partial charge in [0.1, 0.15) is 11.5 Å². The highest BCUT2D eigenvalue weighted by Crippen LogP contribution is 2.27. The SMILES string of the molecule is COc1ccc(/C=C/C(=O)CC(=O)/C=C/c2cc(O)ccc2OC)cc1O. The van der Waals surface area contributed by atoms with Crippen molar-refractivity contribution in [3.05, 3.63) is 59.7 Å². The van der Waals surface area contributed by atoms with Crippen molar-refractivity contribution >= 4 is 23.7 Å². The van der Waals surface area contributed by atoms with Gasteiger partial charge < -0.3 is 19.7 Å². The van der Waals surface area contributed by atoms with E-state index in [1.165, 1.54) is 56.7 Å². The minimum atomic E-state index is -0.382. The lowest BCUT2D eigenvalue weighted by Gasteiger charge is -2.04. The second-order valence-corrected chi connectivity index (χ2v) is 5.63. The molecule has 0 aromatic heterocycles. The first-order valence-corrected chi connectivity index (χ1v) is 8.08. The van der Waals surface area contributed by atoms with Crippen molar-refractivity contribution in [3.8, 4) is 23.0 Å². The van der Waals surface area contributed by atoms with Gasteiger partial charge in [0.25, 0.3) is 0 Å². The van der Waals surface area contributed by atoms with Gasteiger partial charge in [-0.05, 0) is 54.1 Å². The number of carbonyl (C=O) groups excluding carboxylic acids is 2. The fourth-order valence-corrected chi connectivity index (χ4v) is 2.32. The van der Waals surface area contributed by atoms with Crippen molar-refractivity contribution in [3.63, 3.8) is 0 Å². The third-order valence-electron chi connectivity index (χ3n) is 3.68. The lowest BCUT2D eigenvalue weighted by Crippen LogP contribution is -2.02. The van der Waals surface area contributed by atoms with Gasteiger partial charge in [-0.15, -0.1) is 0 Å². The van der Waals surface area contributed by atoms with Crippen molar-refractivity contribution in [2.24, 2.45) is 0 Å². The van der Waals surface area contributed by atoms with Gasteiger partial charge in [0.2, 0.25) is 0 Å². The fraction of sp³-hybridized carbons (Fsp3) is 0.143. The molecule has 140 valence electrons. The number of phenolic OH excluding ortho intramolecular Hbond substituents is 2. The third-order valence-corrected chi connectivity index (χ3v) is 3.68. The van der Waals surface area contributed by atoms with Crippen molar-refractivity contribution in [2.75, 3.05) is 14.2 Å². The summed E-state index contributed by atoms with van der Waals surface area (Å²) in [5, 5.41) is 19.2. The van der Waals surface area contributed by atoms with Gasteiger partial charge in [0.05, 0.1) is 20.6 Å². The predicted octanol–water partition coefficient (Wildman–Crippen LogP) is 3.37. The lowest BCUT2D eigenvalue weighted by molar-refractivity contribution is -0.121. The Hall–Kier alpha value is -3.54. The zero-order valence-electron chi connectivity index (χ0n) is 15.0. The number of carbonyl (C=O) groups is 2. The molecule has 27 heavy (non-hydrogen) atoms. The number of hydrogen-bond acceptors (Lipinski definition) is 6. The van der Waals surface area contributed by atoms with Crippen LogP contribution in [0.4, 0.5) is 0 Å². The molecule has 0 amide bonds. The van der Waals surface area contributed by atoms with Crippen LogP contribution in [-0.4, -0.2) is 36.0 Å². The fourth-order valence-electron chi connectivity index (χ4n) is 2.32. The number of ether oxygens (including phenoxy) is 2. The zero-order valence-corrected chi connectivity index (χ0v) is 15.0. The van der Waals surface area contributed by atoms with Crippen LogP contribution >= 0.6 is 0 Å². The Morgan fingerprint density at radius 1 is 0.889 bits per heavy atom. The Labute approximate surface area is 157 Å². The van der Waals surface area contributed by atoms with Gasteiger partial charge in [-0.3, -0.25) is 9.59 Å². The van der Waals surface area contributed by atoms with Gasteiger partial charge in [0, 0.05) is 5.56 Å². The van der Waals surface area contributed by atoms with Crippen LogP contribution in [0.1, 0.15) is 17.5 Å². The largest absolute Gasteiger partial charge is 0.508 e. The second kappa shape index (κ2) is 9.24. The van der Waals surface area contributed by atoms with Crippen LogP contribution in [0.15, 0.2) is 48.6 Å². The number of phenols is 2. The first kappa shape index (κ1) is 19.8. The molecule has 0 saturated carbocycles. The summed E-state index contributed by atoms with van der Waals surface area (Å²) in [7, 11) is 2.93. The molecule has 0 aliphatic rings. The summed E-state index contributed by atoms with van der Waals surface area (Å²) in [5.41, 5.74) is 1.14. The minimum absolute atomic E-state index is 0.0360. The molecule has 0 spiro atoms. The van der Waals surface area contributed by atoms with E-state index in [9.17, 15) is 19.8 Å². The van der Waals surface area contributed by atoms with Crippen molar-refractivity contribution < 1.29 is 29.3 Å². The normalized spacial score (nSPS) is 11.0. The van der Waals surface area contributed by atoms with Crippen molar-refractivity contribution in [2.45, 2.75) is 6.42 Å². The molecule has 0 fully saturated rings. The summed E-state index contributed by atoms with van der Waals surface area (Å²) in [6.45, 7) is 0. The maximum absolute atomic E-state index is 12.0. The van der Waals surface area contributed by atoms with Gasteiger partial charge in [-0.2, -0.15) is 0 Å². The Kier molecular flexibility index (Phi) is 6.77. The van der Waals surface area contributed by atoms with Crippen LogP contribution in [0.2, 0.25) is 0 Å². The zero-order chi connectivity index (χ0) is 19.8. The summed E-state index contributed by atoms with van der Waals surface area (Å²) < 4.78 is 10.1. The molecule has 0 radical (unpaired) electrons. The summed E-state index contributed by atoms with van der Waals surface area (Å²) >= 11 is 0. The van der Waals surface area contributed by atoms with Crippen LogP contribution in [-0.2, 0) is 9.59 Å². The smallest absolute Gasteiger partial charge is 0.163 e. The second-order valence-electron chi connectivity index (χ2n) is 5.63. The molecule has 0 saturated heterocycles. The molecular formula is C21H20O6. The van der Waals surface area contributed by atoms with E-state index in [0.717, 1.165) is 0 Å². The van der Waals surface area contributed by atoms with Gasteiger partial charge in [0.15, 0.2) is 23.1 Å². The average molecular weight is 368 g/mol. The summed E-state index contributed by atoms with van der Waals surface area (Å²) in [4.78, 5) is 23.9. The Balaban J connectivity index is 1.98.